The standard InChI is InChI=1S/C12H15ClN2OS/c1-3-7(2)12(16)15-10-6-8(11(14)17)4-5-9(10)13/h4-7H,3H2,1-2H3,(H2,14,17)(H,15,16). The van der Waals surface area contributed by atoms with Gasteiger partial charge in [-0.2, -0.15) is 0 Å². The lowest BCUT2D eigenvalue weighted by molar-refractivity contribution is -0.119. The highest BCUT2D eigenvalue weighted by atomic mass is 35.5. The third-order valence-electron chi connectivity index (χ3n) is 2.57. The predicted molar refractivity (Wildman–Crippen MR) is 75.4 cm³/mol. The van der Waals surface area contributed by atoms with Gasteiger partial charge in [0.25, 0.3) is 0 Å². The number of benzene rings is 1. The lowest BCUT2D eigenvalue weighted by Gasteiger charge is -2.12. The summed E-state index contributed by atoms with van der Waals surface area (Å²) in [5.41, 5.74) is 6.75. The van der Waals surface area contributed by atoms with Crippen molar-refractivity contribution < 1.29 is 4.79 Å². The molecule has 1 aromatic carbocycles. The smallest absolute Gasteiger partial charge is 0.227 e. The molecule has 5 heteroatoms. The molecule has 1 unspecified atom stereocenters. The minimum absolute atomic E-state index is 0.0560. The third-order valence-corrected chi connectivity index (χ3v) is 3.13. The zero-order valence-electron chi connectivity index (χ0n) is 9.79. The Bertz CT molecular complexity index is 448. The lowest BCUT2D eigenvalue weighted by Crippen LogP contribution is -2.20. The SMILES string of the molecule is CCC(C)C(=O)Nc1cc(C(N)=S)ccc1Cl. The van der Waals surface area contributed by atoms with E-state index < -0.39 is 0 Å². The van der Waals surface area contributed by atoms with Gasteiger partial charge in [-0.25, -0.2) is 0 Å². The van der Waals surface area contributed by atoms with Crippen molar-refractivity contribution in [1.82, 2.24) is 0 Å². The number of nitrogens with one attached hydrogen (secondary N) is 1. The summed E-state index contributed by atoms with van der Waals surface area (Å²) in [5.74, 6) is -0.117. The fraction of sp³-hybridized carbons (Fsp3) is 0.333. The van der Waals surface area contributed by atoms with Gasteiger partial charge in [0.15, 0.2) is 0 Å². The molecule has 0 aliphatic rings. The van der Waals surface area contributed by atoms with Crippen LogP contribution in [0.1, 0.15) is 25.8 Å². The number of hydrogen-bond acceptors (Lipinski definition) is 2. The second-order valence-corrected chi connectivity index (χ2v) is 4.70. The topological polar surface area (TPSA) is 55.1 Å². The van der Waals surface area contributed by atoms with Gasteiger partial charge in [-0.1, -0.05) is 43.7 Å². The normalized spacial score (nSPS) is 11.9. The van der Waals surface area contributed by atoms with E-state index >= 15 is 0 Å². The first-order chi connectivity index (χ1) is 7.95. The van der Waals surface area contributed by atoms with Crippen LogP contribution >= 0.6 is 23.8 Å². The van der Waals surface area contributed by atoms with Gasteiger partial charge in [0.1, 0.15) is 4.99 Å². The molecule has 0 spiro atoms. The van der Waals surface area contributed by atoms with E-state index in [0.717, 1.165) is 6.42 Å². The van der Waals surface area contributed by atoms with Crippen LogP contribution in [0.25, 0.3) is 0 Å². The summed E-state index contributed by atoms with van der Waals surface area (Å²) in [6, 6.07) is 5.08. The van der Waals surface area contributed by atoms with Crippen molar-refractivity contribution in [2.24, 2.45) is 11.7 Å². The van der Waals surface area contributed by atoms with Crippen LogP contribution in [0.3, 0.4) is 0 Å². The second-order valence-electron chi connectivity index (χ2n) is 3.86. The highest BCUT2D eigenvalue weighted by molar-refractivity contribution is 7.80. The molecular weight excluding hydrogens is 256 g/mol. The van der Waals surface area contributed by atoms with Crippen LogP contribution in [0.15, 0.2) is 18.2 Å². The molecule has 0 aromatic heterocycles. The van der Waals surface area contributed by atoms with Crippen LogP contribution in [0.4, 0.5) is 5.69 Å². The fourth-order valence-electron chi connectivity index (χ4n) is 1.22. The summed E-state index contributed by atoms with van der Waals surface area (Å²) >= 11 is 10.9. The average Bonchev–Trinajstić information content (AvgIpc) is 2.30. The number of halogens is 1. The molecule has 92 valence electrons. The van der Waals surface area contributed by atoms with Crippen molar-refractivity contribution in [1.29, 1.82) is 0 Å². The molecule has 1 amide bonds. The van der Waals surface area contributed by atoms with Crippen LogP contribution in [-0.2, 0) is 4.79 Å². The Morgan fingerprint density at radius 1 is 1.59 bits per heavy atom. The van der Waals surface area contributed by atoms with Crippen molar-refractivity contribution in [2.75, 3.05) is 5.32 Å². The van der Waals surface area contributed by atoms with Crippen molar-refractivity contribution in [2.45, 2.75) is 20.3 Å². The number of nitrogens with two attached hydrogens (primary N) is 1. The van der Waals surface area contributed by atoms with E-state index in [-0.39, 0.29) is 16.8 Å². The molecule has 0 fully saturated rings. The maximum atomic E-state index is 11.7. The predicted octanol–water partition coefficient (Wildman–Crippen LogP) is 2.96. The molecule has 0 bridgehead atoms. The Labute approximate surface area is 111 Å². The summed E-state index contributed by atoms with van der Waals surface area (Å²) in [5, 5.41) is 3.24. The number of carbonyl (C=O) groups excluding carboxylic acids is 1. The Balaban J connectivity index is 2.94. The zero-order chi connectivity index (χ0) is 13.0. The van der Waals surface area contributed by atoms with Crippen molar-refractivity contribution in [3.63, 3.8) is 0 Å². The summed E-state index contributed by atoms with van der Waals surface area (Å²) < 4.78 is 0. The largest absolute Gasteiger partial charge is 0.389 e. The first kappa shape index (κ1) is 13.9. The number of hydrogen-bond donors (Lipinski definition) is 2. The number of thiocarbonyl (C=S) groups is 1. The molecule has 0 saturated carbocycles. The maximum absolute atomic E-state index is 11.7. The number of anilines is 1. The van der Waals surface area contributed by atoms with E-state index in [2.05, 4.69) is 5.32 Å². The molecule has 0 heterocycles. The summed E-state index contributed by atoms with van der Waals surface area (Å²) in [6.45, 7) is 3.82. The number of carbonyl (C=O) groups is 1. The molecule has 3 N–H and O–H groups in total. The van der Waals surface area contributed by atoms with Gasteiger partial charge in [-0.3, -0.25) is 4.79 Å². The van der Waals surface area contributed by atoms with Crippen molar-refractivity contribution in [3.8, 4) is 0 Å². The average molecular weight is 271 g/mol. The minimum atomic E-state index is -0.0607. The van der Waals surface area contributed by atoms with Gasteiger partial charge in [0.05, 0.1) is 10.7 Å². The second kappa shape index (κ2) is 5.98. The van der Waals surface area contributed by atoms with E-state index in [4.69, 9.17) is 29.6 Å². The van der Waals surface area contributed by atoms with Gasteiger partial charge in [0, 0.05) is 11.5 Å². The molecule has 3 nitrogen and oxygen atoms in total. The Morgan fingerprint density at radius 3 is 2.76 bits per heavy atom. The number of amides is 1. The molecule has 0 aliphatic heterocycles. The Hall–Kier alpha value is -1.13. The molecule has 0 saturated heterocycles. The van der Waals surface area contributed by atoms with Gasteiger partial charge in [-0.15, -0.1) is 0 Å². The highest BCUT2D eigenvalue weighted by Gasteiger charge is 2.12. The van der Waals surface area contributed by atoms with Crippen LogP contribution in [0, 0.1) is 5.92 Å². The van der Waals surface area contributed by atoms with Crippen LogP contribution in [0.2, 0.25) is 5.02 Å². The van der Waals surface area contributed by atoms with E-state index in [0.29, 0.717) is 16.3 Å². The third kappa shape index (κ3) is 3.68. The maximum Gasteiger partial charge on any atom is 0.227 e. The van der Waals surface area contributed by atoms with Gasteiger partial charge >= 0.3 is 0 Å². The van der Waals surface area contributed by atoms with Gasteiger partial charge in [0.2, 0.25) is 5.91 Å². The monoisotopic (exact) mass is 270 g/mol. The fourth-order valence-corrected chi connectivity index (χ4v) is 1.51. The Kier molecular flexibility index (Phi) is 4.90. The van der Waals surface area contributed by atoms with Gasteiger partial charge in [-0.05, 0) is 18.6 Å². The van der Waals surface area contributed by atoms with E-state index in [1.807, 2.05) is 13.8 Å². The molecule has 1 aromatic rings. The summed E-state index contributed by atoms with van der Waals surface area (Å²) in [4.78, 5) is 12.0. The Morgan fingerprint density at radius 2 is 2.24 bits per heavy atom. The first-order valence-corrected chi connectivity index (χ1v) is 6.14. The first-order valence-electron chi connectivity index (χ1n) is 5.36. The molecule has 1 atom stereocenters. The molecule has 17 heavy (non-hydrogen) atoms. The lowest BCUT2D eigenvalue weighted by atomic mass is 10.1. The van der Waals surface area contributed by atoms with E-state index in [1.54, 1.807) is 18.2 Å². The summed E-state index contributed by atoms with van der Waals surface area (Å²) in [7, 11) is 0. The minimum Gasteiger partial charge on any atom is -0.389 e. The quantitative estimate of drug-likeness (QED) is 0.827. The van der Waals surface area contributed by atoms with E-state index in [1.165, 1.54) is 0 Å². The van der Waals surface area contributed by atoms with Crippen LogP contribution in [0.5, 0.6) is 0 Å². The van der Waals surface area contributed by atoms with Crippen molar-refractivity contribution in [3.05, 3.63) is 28.8 Å². The van der Waals surface area contributed by atoms with Gasteiger partial charge < -0.3 is 11.1 Å². The molecule has 0 aliphatic carbocycles. The number of rotatable bonds is 4. The van der Waals surface area contributed by atoms with Crippen molar-refractivity contribution >= 4 is 40.4 Å². The summed E-state index contributed by atoms with van der Waals surface area (Å²) in [6.07, 6.45) is 0.776. The molecular formula is C12H15ClN2OS. The molecule has 1 rings (SSSR count). The van der Waals surface area contributed by atoms with Crippen LogP contribution < -0.4 is 11.1 Å². The zero-order valence-corrected chi connectivity index (χ0v) is 11.4. The highest BCUT2D eigenvalue weighted by Crippen LogP contribution is 2.23. The molecule has 0 radical (unpaired) electrons. The van der Waals surface area contributed by atoms with E-state index in [9.17, 15) is 4.79 Å². The van der Waals surface area contributed by atoms with Crippen LogP contribution in [-0.4, -0.2) is 10.9 Å².